The molecule has 0 radical (unpaired) electrons. The molecule has 0 saturated heterocycles. The summed E-state index contributed by atoms with van der Waals surface area (Å²) < 4.78 is 35.1. The summed E-state index contributed by atoms with van der Waals surface area (Å²) in [6, 6.07) is 0. The van der Waals surface area contributed by atoms with E-state index in [1.165, 1.54) is 0 Å². The summed E-state index contributed by atoms with van der Waals surface area (Å²) >= 11 is 0. The van der Waals surface area contributed by atoms with Gasteiger partial charge in [0.15, 0.2) is 5.70 Å². The Kier molecular flexibility index (Phi) is 1.50. The fraction of sp³-hybridized carbons (Fsp3) is 0.167. The van der Waals surface area contributed by atoms with E-state index >= 15 is 0 Å². The fourth-order valence-electron chi connectivity index (χ4n) is 0.446. The molecule has 0 spiro atoms. The highest BCUT2D eigenvalue weighted by atomic mass is 19.4. The maximum Gasteiger partial charge on any atom is 0.434 e. The second-order valence-corrected chi connectivity index (χ2v) is 1.58. The number of aliphatic imine (C=N–C) groups is 1. The first-order valence-electron chi connectivity index (χ1n) is 2.42. The maximum absolute atomic E-state index is 11.7. The first-order valence-corrected chi connectivity index (χ1v) is 2.42. The van der Waals surface area contributed by atoms with E-state index in [-0.39, 0.29) is 0 Å². The van der Waals surface area contributed by atoms with Gasteiger partial charge in [-0.3, -0.25) is 0 Å². The highest BCUT2D eigenvalue weighted by Gasteiger charge is 2.33. The lowest BCUT2D eigenvalue weighted by molar-refractivity contribution is -0.0922. The highest BCUT2D eigenvalue weighted by Crippen LogP contribution is 2.26. The van der Waals surface area contributed by atoms with Crippen LogP contribution in [0.4, 0.5) is 13.2 Å². The van der Waals surface area contributed by atoms with Gasteiger partial charge in [0.05, 0.1) is 0 Å². The number of nitrogens with zero attached hydrogens (tertiary/aromatic N) is 1. The van der Waals surface area contributed by atoms with Gasteiger partial charge in [0.25, 0.3) is 0 Å². The lowest BCUT2D eigenvalue weighted by Crippen LogP contribution is -2.09. The first kappa shape index (κ1) is 6.87. The summed E-state index contributed by atoms with van der Waals surface area (Å²) in [6.07, 6.45) is -2.40. The minimum absolute atomic E-state index is 0.844. The van der Waals surface area contributed by atoms with Crippen LogP contribution >= 0.6 is 0 Å². The zero-order valence-electron chi connectivity index (χ0n) is 4.74. The molecule has 1 rings (SSSR count). The van der Waals surface area contributed by atoms with Crippen LogP contribution in [-0.4, -0.2) is 12.0 Å². The summed E-state index contributed by atoms with van der Waals surface area (Å²) in [5.74, 6) is 1.97. The zero-order valence-corrected chi connectivity index (χ0v) is 4.74. The predicted octanol–water partition coefficient (Wildman–Crippen LogP) is 1.83. The molecule has 10 heavy (non-hydrogen) atoms. The van der Waals surface area contributed by atoms with Crippen LogP contribution in [-0.2, 0) is 0 Å². The Labute approximate surface area is 54.9 Å². The van der Waals surface area contributed by atoms with E-state index in [2.05, 4.69) is 10.7 Å². The second-order valence-electron chi connectivity index (χ2n) is 1.58. The number of halogens is 3. The number of hydrogen-bond donors (Lipinski definition) is 0. The Balaban J connectivity index is 2.91. The number of allylic oxidation sites excluding steroid dienone is 3. The Hall–Kier alpha value is -1.24. The van der Waals surface area contributed by atoms with Crippen molar-refractivity contribution in [3.63, 3.8) is 0 Å². The summed E-state index contributed by atoms with van der Waals surface area (Å²) in [4.78, 5) is 2.94. The van der Waals surface area contributed by atoms with Gasteiger partial charge in [0, 0.05) is 5.87 Å². The minimum Gasteiger partial charge on any atom is -0.192 e. The molecule has 0 aliphatic carbocycles. The third-order valence-corrected chi connectivity index (χ3v) is 0.856. The Bertz CT molecular complexity index is 259. The van der Waals surface area contributed by atoms with Crippen molar-refractivity contribution in [2.24, 2.45) is 4.99 Å². The van der Waals surface area contributed by atoms with Crippen LogP contribution in [0.3, 0.4) is 0 Å². The van der Waals surface area contributed by atoms with Crippen LogP contribution in [0.5, 0.6) is 0 Å². The second kappa shape index (κ2) is 2.18. The molecule has 0 aromatic heterocycles. The van der Waals surface area contributed by atoms with E-state index in [4.69, 9.17) is 0 Å². The van der Waals surface area contributed by atoms with E-state index in [0.29, 0.717) is 0 Å². The maximum atomic E-state index is 11.7. The van der Waals surface area contributed by atoms with Crippen molar-refractivity contribution in [3.05, 3.63) is 23.6 Å². The first-order chi connectivity index (χ1) is 4.61. The molecule has 1 nitrogen and oxygen atoms in total. The van der Waals surface area contributed by atoms with E-state index in [9.17, 15) is 13.2 Å². The highest BCUT2D eigenvalue weighted by molar-refractivity contribution is 5.55. The van der Waals surface area contributed by atoms with Gasteiger partial charge >= 0.3 is 6.18 Å². The third kappa shape index (κ3) is 1.38. The van der Waals surface area contributed by atoms with Crippen molar-refractivity contribution in [1.82, 2.24) is 0 Å². The average molecular weight is 145 g/mol. The van der Waals surface area contributed by atoms with E-state index < -0.39 is 11.9 Å². The summed E-state index contributed by atoms with van der Waals surface area (Å²) in [5, 5.41) is 0. The molecule has 0 N–H and O–H groups in total. The fourth-order valence-corrected chi connectivity index (χ4v) is 0.446. The van der Waals surface area contributed by atoms with Crippen molar-refractivity contribution >= 4 is 5.87 Å². The molecule has 1 heterocycles. The third-order valence-electron chi connectivity index (χ3n) is 0.856. The standard InChI is InChI=1S/C6H2F3N/c7-6(8,9)5-3-1-2-4-10-5/h1,3H. The number of rotatable bonds is 0. The normalized spacial score (nSPS) is 15.7. The van der Waals surface area contributed by atoms with Gasteiger partial charge in [-0.15, -0.1) is 0 Å². The van der Waals surface area contributed by atoms with Crippen molar-refractivity contribution in [2.75, 3.05) is 0 Å². The van der Waals surface area contributed by atoms with Crippen LogP contribution in [0.25, 0.3) is 0 Å². The van der Waals surface area contributed by atoms with Gasteiger partial charge < -0.3 is 0 Å². The largest absolute Gasteiger partial charge is 0.434 e. The number of alkyl halides is 3. The smallest absolute Gasteiger partial charge is 0.192 e. The van der Waals surface area contributed by atoms with Gasteiger partial charge in [-0.1, -0.05) is 0 Å². The molecule has 0 aromatic carbocycles. The Morgan fingerprint density at radius 2 is 2.10 bits per heavy atom. The molecule has 52 valence electrons. The molecule has 0 aromatic rings. The average Bonchev–Trinajstić information content (AvgIpc) is 1.88. The molecule has 0 bridgehead atoms. The lowest BCUT2D eigenvalue weighted by atomic mass is 10.3. The summed E-state index contributed by atoms with van der Waals surface area (Å²) in [6.45, 7) is 0. The zero-order chi connectivity index (χ0) is 7.61. The van der Waals surface area contributed by atoms with Crippen molar-refractivity contribution in [1.29, 1.82) is 0 Å². The molecule has 0 unspecified atom stereocenters. The summed E-state index contributed by atoms with van der Waals surface area (Å²) in [5.41, 5.74) is 1.33. The van der Waals surface area contributed by atoms with Gasteiger partial charge in [-0.2, -0.15) is 18.2 Å². The molecule has 4 heteroatoms. The molecule has 0 fully saturated rings. The van der Waals surface area contributed by atoms with Crippen LogP contribution in [0.2, 0.25) is 0 Å². The molecule has 0 atom stereocenters. The summed E-state index contributed by atoms with van der Waals surface area (Å²) in [7, 11) is 0. The molecule has 1 aliphatic heterocycles. The van der Waals surface area contributed by atoms with Crippen molar-refractivity contribution < 1.29 is 13.2 Å². The van der Waals surface area contributed by atoms with Gasteiger partial charge in [0.1, 0.15) is 0 Å². The van der Waals surface area contributed by atoms with E-state index in [0.717, 1.165) is 12.2 Å². The van der Waals surface area contributed by atoms with Crippen LogP contribution in [0.1, 0.15) is 0 Å². The lowest BCUT2D eigenvalue weighted by Gasteiger charge is -2.03. The molecular weight excluding hydrogens is 143 g/mol. The van der Waals surface area contributed by atoms with E-state index in [1.54, 1.807) is 0 Å². The SMILES string of the molecule is FC(F)(F)C1=CC=C=C=N1. The van der Waals surface area contributed by atoms with Gasteiger partial charge in [-0.25, -0.2) is 0 Å². The quantitative estimate of drug-likeness (QED) is 0.461. The topological polar surface area (TPSA) is 12.4 Å². The Morgan fingerprint density at radius 3 is 2.40 bits per heavy atom. The Morgan fingerprint density at radius 1 is 1.40 bits per heavy atom. The van der Waals surface area contributed by atoms with Crippen molar-refractivity contribution in [3.8, 4) is 0 Å². The minimum atomic E-state index is -4.37. The monoisotopic (exact) mass is 145 g/mol. The van der Waals surface area contributed by atoms with Gasteiger partial charge in [0.2, 0.25) is 0 Å². The molecule has 1 aliphatic rings. The van der Waals surface area contributed by atoms with Crippen molar-refractivity contribution in [2.45, 2.75) is 6.18 Å². The van der Waals surface area contributed by atoms with Crippen LogP contribution < -0.4 is 0 Å². The number of hydrogen-bond acceptors (Lipinski definition) is 1. The van der Waals surface area contributed by atoms with Crippen LogP contribution in [0.15, 0.2) is 28.6 Å². The van der Waals surface area contributed by atoms with E-state index in [1.807, 2.05) is 5.87 Å². The molecule has 0 saturated carbocycles. The van der Waals surface area contributed by atoms with Gasteiger partial charge in [-0.05, 0) is 17.9 Å². The van der Waals surface area contributed by atoms with Crippen LogP contribution in [0, 0.1) is 0 Å². The molecule has 0 amide bonds. The molecular formula is C6H2F3N. The predicted molar refractivity (Wildman–Crippen MR) is 29.7 cm³/mol.